The predicted octanol–water partition coefficient (Wildman–Crippen LogP) is 1.42. The van der Waals surface area contributed by atoms with Crippen LogP contribution in [0.3, 0.4) is 0 Å². The van der Waals surface area contributed by atoms with E-state index in [0.717, 1.165) is 0 Å². The summed E-state index contributed by atoms with van der Waals surface area (Å²) in [6.45, 7) is 0.366. The van der Waals surface area contributed by atoms with Crippen LogP contribution in [0.5, 0.6) is 23.0 Å². The number of nitrogens with one attached hydrogen (secondary N) is 4. The van der Waals surface area contributed by atoms with Crippen LogP contribution in [0.4, 0.5) is 11.6 Å². The number of carbonyl (C=O) groups is 6. The summed E-state index contributed by atoms with van der Waals surface area (Å²) in [6.07, 6.45) is -7.17. The van der Waals surface area contributed by atoms with Crippen molar-refractivity contribution < 1.29 is 86.8 Å². The largest absolute Gasteiger partial charge is 0.507 e. The number of ketones is 3. The van der Waals surface area contributed by atoms with Gasteiger partial charge in [-0.2, -0.15) is 4.98 Å². The Bertz CT molecular complexity index is 4030. The number of phenolic OH excluding ortho intramolecular Hbond substituents is 2. The number of amides is 1. The first-order valence-electron chi connectivity index (χ1n) is 25.2. The Morgan fingerprint density at radius 2 is 1.73 bits per heavy atom. The number of phenols is 2. The second-order valence-electron chi connectivity index (χ2n) is 19.6. The van der Waals surface area contributed by atoms with Gasteiger partial charge in [0, 0.05) is 59.7 Å². The topological polar surface area (TPSA) is 441 Å². The number of aliphatic hydroxyl groups is 3. The zero-order chi connectivity index (χ0) is 59.4. The van der Waals surface area contributed by atoms with Gasteiger partial charge in [0.25, 0.3) is 21.5 Å². The number of Topliss-reactive ketones (excluding diaryl/α,β-unsaturated/α-hetero) is 1. The first kappa shape index (κ1) is 57.4. The Balaban J connectivity index is 0.778. The van der Waals surface area contributed by atoms with Gasteiger partial charge in [0.05, 0.1) is 76.8 Å². The second-order valence-corrected chi connectivity index (χ2v) is 22.5. The molecule has 4 heterocycles. The van der Waals surface area contributed by atoms with Crippen LogP contribution in [0.2, 0.25) is 0 Å². The summed E-state index contributed by atoms with van der Waals surface area (Å²) in [6, 6.07) is 11.3. The second kappa shape index (κ2) is 22.5. The van der Waals surface area contributed by atoms with Gasteiger partial charge in [-0.1, -0.05) is 12.1 Å². The molecule has 0 radical (unpaired) electrons. The SMILES string of the molecule is COc1cccc2c1C(=O)c1c(O)c3c(c(O)c1C2=O)C[C@@](O)(C(=O)CO)C[C@@H]3OC1CC(NS(=O)(=O)c2nc3ccc(OC(=O)CCC(NC(=O)c4ccc(NCc5cnc6nc(N)[nH]c(=O)c6n5)cc4)C(=O)O)cc3s2)C(O)C(C)O1. The van der Waals surface area contributed by atoms with E-state index in [9.17, 15) is 72.6 Å². The molecular weight excluding hydrogens is 1130 g/mol. The lowest BCUT2D eigenvalue weighted by molar-refractivity contribution is -0.248. The lowest BCUT2D eigenvalue weighted by atomic mass is 9.72. The summed E-state index contributed by atoms with van der Waals surface area (Å²) in [7, 11) is -3.33. The lowest BCUT2D eigenvalue weighted by Gasteiger charge is -2.42. The van der Waals surface area contributed by atoms with Crippen molar-refractivity contribution in [3.63, 3.8) is 0 Å². The van der Waals surface area contributed by atoms with E-state index in [1.165, 1.54) is 68.8 Å². The smallest absolute Gasteiger partial charge is 0.326 e. The maximum absolute atomic E-state index is 14.1. The molecule has 7 atom stereocenters. The number of esters is 1. The molecule has 30 heteroatoms. The maximum Gasteiger partial charge on any atom is 0.326 e. The summed E-state index contributed by atoms with van der Waals surface area (Å²) in [5.74, 6) is -7.80. The van der Waals surface area contributed by atoms with Crippen molar-refractivity contribution in [2.45, 2.75) is 92.2 Å². The number of methoxy groups -OCH3 is 1. The fraction of sp³-hybridized carbons (Fsp3) is 0.302. The van der Waals surface area contributed by atoms with Crippen LogP contribution in [0.1, 0.15) is 97.7 Å². The molecule has 3 aromatic heterocycles. The average Bonchev–Trinajstić information content (AvgIpc) is 2.11. The number of carboxylic acids is 1. The molecule has 1 amide bonds. The quantitative estimate of drug-likeness (QED) is 0.0329. The summed E-state index contributed by atoms with van der Waals surface area (Å²) < 4.78 is 53.1. The van der Waals surface area contributed by atoms with E-state index in [1.54, 1.807) is 12.1 Å². The standard InChI is InChI=1S/C53H49N9O19S2/c1-21-42(66)30(15-36(79-21)81-32-17-53(75,34(64)20-63)16-27-38(32)46(70)40-39(44(27)68)43(67)26-4-3-5-31(78-2)37(26)45(40)69)62-83(76,77)52-59-28-11-10-25(14-33(28)82-52)80-35(65)13-12-29(50(73)74)58-48(71)22-6-8-23(9-7-22)55-18-24-19-56-47-41(57-24)49(72)61-51(54)60-47/h3-11,14,19,21,29-30,32,36,42,55,62-63,66,68,70,75H,12-13,15-18,20H2,1-2H3,(H,58,71)(H,73,74)(H3,54,56,60,61,72)/t21?,29?,30?,32-,36?,42?,53-/m0/s1. The number of aliphatic carboxylic acids is 1. The van der Waals surface area contributed by atoms with Crippen LogP contribution in [-0.4, -0.2) is 149 Å². The number of benzene rings is 4. The number of aromatic amines is 1. The Kier molecular flexibility index (Phi) is 15.5. The third-order valence-electron chi connectivity index (χ3n) is 14.2. The minimum Gasteiger partial charge on any atom is -0.507 e. The van der Waals surface area contributed by atoms with Crippen molar-refractivity contribution in [3.05, 3.63) is 122 Å². The molecule has 3 aliphatic rings. The van der Waals surface area contributed by atoms with Crippen LogP contribution < -0.4 is 36.1 Å². The zero-order valence-corrected chi connectivity index (χ0v) is 45.1. The summed E-state index contributed by atoms with van der Waals surface area (Å²) in [5.41, 5.74) is 1.56. The van der Waals surface area contributed by atoms with E-state index in [-0.39, 0.29) is 79.6 Å². The maximum atomic E-state index is 14.1. The van der Waals surface area contributed by atoms with Gasteiger partial charge in [-0.25, -0.2) is 32.9 Å². The van der Waals surface area contributed by atoms with Gasteiger partial charge >= 0.3 is 11.9 Å². The van der Waals surface area contributed by atoms with E-state index in [1.807, 2.05) is 0 Å². The number of H-pyrrole nitrogens is 1. The van der Waals surface area contributed by atoms with Crippen LogP contribution >= 0.6 is 11.3 Å². The third kappa shape index (κ3) is 11.2. The number of ether oxygens (including phenoxy) is 4. The van der Waals surface area contributed by atoms with Crippen molar-refractivity contribution in [2.24, 2.45) is 0 Å². The number of thiazole rings is 1. The Morgan fingerprint density at radius 1 is 0.988 bits per heavy atom. The van der Waals surface area contributed by atoms with Crippen LogP contribution in [0, 0.1) is 0 Å². The van der Waals surface area contributed by atoms with Gasteiger partial charge in [0.2, 0.25) is 16.1 Å². The summed E-state index contributed by atoms with van der Waals surface area (Å²) in [4.78, 5) is 110. The van der Waals surface area contributed by atoms with Crippen molar-refractivity contribution in [1.82, 2.24) is 35.0 Å². The number of nitrogen functional groups attached to an aromatic ring is 1. The van der Waals surface area contributed by atoms with Crippen LogP contribution in [-0.2, 0) is 46.8 Å². The molecule has 4 aromatic carbocycles. The third-order valence-corrected chi connectivity index (χ3v) is 17.1. The van der Waals surface area contributed by atoms with E-state index in [4.69, 9.17) is 24.7 Å². The number of fused-ring (bicyclic) bond motifs is 5. The molecule has 0 bridgehead atoms. The number of sulfonamides is 1. The van der Waals surface area contributed by atoms with E-state index >= 15 is 0 Å². The number of hydrogen-bond donors (Lipinski definition) is 11. The van der Waals surface area contributed by atoms with E-state index in [2.05, 4.69) is 40.3 Å². The van der Waals surface area contributed by atoms with Crippen LogP contribution in [0.15, 0.2) is 76.0 Å². The number of aromatic hydroxyl groups is 2. The molecule has 0 saturated carbocycles. The first-order chi connectivity index (χ1) is 39.5. The molecule has 2 aliphatic carbocycles. The van der Waals surface area contributed by atoms with Crippen LogP contribution in [0.25, 0.3) is 21.4 Å². The highest BCUT2D eigenvalue weighted by atomic mass is 32.2. The molecule has 1 fully saturated rings. The molecule has 432 valence electrons. The van der Waals surface area contributed by atoms with E-state index in [0.29, 0.717) is 22.7 Å². The molecule has 83 heavy (non-hydrogen) atoms. The molecular formula is C53H49N9O19S2. The molecule has 10 rings (SSSR count). The lowest BCUT2D eigenvalue weighted by Crippen LogP contribution is -2.55. The normalized spacial score (nSPS) is 20.7. The number of hydrogen-bond acceptors (Lipinski definition) is 25. The number of aliphatic hydroxyl groups excluding tert-OH is 2. The highest BCUT2D eigenvalue weighted by Gasteiger charge is 2.51. The van der Waals surface area contributed by atoms with Crippen molar-refractivity contribution in [1.29, 1.82) is 0 Å². The molecule has 1 saturated heterocycles. The monoisotopic (exact) mass is 1180 g/mol. The molecule has 1 aliphatic heterocycles. The van der Waals surface area contributed by atoms with E-state index < -0.39 is 152 Å². The van der Waals surface area contributed by atoms with Gasteiger partial charge in [0.15, 0.2) is 29.0 Å². The van der Waals surface area contributed by atoms with Crippen molar-refractivity contribution in [2.75, 3.05) is 24.8 Å². The number of nitrogens with two attached hydrogens (primary N) is 1. The Labute approximate surface area is 471 Å². The van der Waals surface area contributed by atoms with Crippen molar-refractivity contribution >= 4 is 89.6 Å². The number of carboxylic acid groups (broad SMARTS) is 1. The number of carbonyl (C=O) groups excluding carboxylic acids is 5. The Hall–Kier alpha value is -8.88. The predicted molar refractivity (Wildman–Crippen MR) is 287 cm³/mol. The molecule has 5 unspecified atom stereocenters. The number of aromatic nitrogens is 5. The fourth-order valence-corrected chi connectivity index (χ4v) is 12.6. The number of nitrogens with zero attached hydrogens (tertiary/aromatic N) is 4. The minimum atomic E-state index is -4.60. The molecule has 7 aromatic rings. The van der Waals surface area contributed by atoms with Crippen molar-refractivity contribution in [3.8, 4) is 23.0 Å². The molecule has 12 N–H and O–H groups in total. The highest BCUT2D eigenvalue weighted by Crippen LogP contribution is 2.53. The first-order valence-corrected chi connectivity index (χ1v) is 27.5. The van der Waals surface area contributed by atoms with Gasteiger partial charge in [-0.3, -0.25) is 33.8 Å². The van der Waals surface area contributed by atoms with Gasteiger partial charge in [0.1, 0.15) is 41.2 Å². The average molecular weight is 1180 g/mol. The van der Waals surface area contributed by atoms with Gasteiger partial charge in [-0.15, -0.1) is 11.3 Å². The summed E-state index contributed by atoms with van der Waals surface area (Å²) >= 11 is 0.666. The minimum absolute atomic E-state index is 0.00261. The Morgan fingerprint density at radius 3 is 2.46 bits per heavy atom. The molecule has 28 nitrogen and oxygen atoms in total. The summed E-state index contributed by atoms with van der Waals surface area (Å²) in [5, 5.41) is 71.8. The van der Waals surface area contributed by atoms with Gasteiger partial charge in [-0.05, 0) is 55.8 Å². The number of rotatable bonds is 18. The van der Waals surface area contributed by atoms with Gasteiger partial charge < -0.3 is 66.0 Å². The fourth-order valence-electron chi connectivity index (χ4n) is 10.1. The zero-order valence-electron chi connectivity index (χ0n) is 43.4. The molecule has 0 spiro atoms. The number of anilines is 2. The highest BCUT2D eigenvalue weighted by molar-refractivity contribution is 7.91.